The molecule has 0 saturated carbocycles. The number of rotatable bonds is 6. The zero-order valence-corrected chi connectivity index (χ0v) is 16.3. The molecule has 0 bridgehead atoms. The van der Waals surface area contributed by atoms with Gasteiger partial charge in [0.25, 0.3) is 0 Å². The zero-order valence-electron chi connectivity index (χ0n) is 15.4. The lowest BCUT2D eigenvalue weighted by Gasteiger charge is -2.12. The molecule has 0 amide bonds. The van der Waals surface area contributed by atoms with Gasteiger partial charge >= 0.3 is 0 Å². The van der Waals surface area contributed by atoms with E-state index in [0.29, 0.717) is 18.0 Å². The Morgan fingerprint density at radius 2 is 1.79 bits per heavy atom. The minimum absolute atomic E-state index is 0.312. The molecule has 0 aliphatic rings. The number of sulfone groups is 1. The van der Waals surface area contributed by atoms with Crippen LogP contribution in [0.4, 0.5) is 0 Å². The summed E-state index contributed by atoms with van der Waals surface area (Å²) in [6.45, 7) is 1.17. The first-order chi connectivity index (χ1) is 13.5. The lowest BCUT2D eigenvalue weighted by Crippen LogP contribution is -2.08. The third-order valence-corrected chi connectivity index (χ3v) is 5.71. The fourth-order valence-corrected chi connectivity index (χ4v) is 3.81. The van der Waals surface area contributed by atoms with Crippen LogP contribution in [0.3, 0.4) is 0 Å². The van der Waals surface area contributed by atoms with Crippen LogP contribution >= 0.6 is 0 Å². The van der Waals surface area contributed by atoms with E-state index in [-0.39, 0.29) is 0 Å². The van der Waals surface area contributed by atoms with Gasteiger partial charge in [-0.05, 0) is 52.2 Å². The normalized spacial score (nSPS) is 11.6. The largest absolute Gasteiger partial charge is 0.492 e. The summed E-state index contributed by atoms with van der Waals surface area (Å²) < 4.78 is 31.3. The summed E-state index contributed by atoms with van der Waals surface area (Å²) >= 11 is 0. The van der Waals surface area contributed by atoms with Crippen molar-refractivity contribution in [2.45, 2.75) is 11.4 Å². The number of fused-ring (bicyclic) bond motifs is 1. The van der Waals surface area contributed by atoms with Crippen molar-refractivity contribution in [3.05, 3.63) is 79.1 Å². The summed E-state index contributed by atoms with van der Waals surface area (Å²) in [5, 5.41) is 6.34. The van der Waals surface area contributed by atoms with E-state index in [2.05, 4.69) is 11.2 Å². The van der Waals surface area contributed by atoms with Gasteiger partial charge in [-0.25, -0.2) is 8.42 Å². The van der Waals surface area contributed by atoms with Gasteiger partial charge in [0.05, 0.1) is 11.4 Å². The molecule has 6 heteroatoms. The van der Waals surface area contributed by atoms with E-state index in [9.17, 15) is 8.42 Å². The van der Waals surface area contributed by atoms with Gasteiger partial charge in [0, 0.05) is 18.6 Å². The van der Waals surface area contributed by atoms with Crippen molar-refractivity contribution in [2.75, 3.05) is 12.9 Å². The van der Waals surface area contributed by atoms with Crippen molar-refractivity contribution in [1.82, 2.24) is 9.78 Å². The molecule has 5 nitrogen and oxygen atoms in total. The van der Waals surface area contributed by atoms with Gasteiger partial charge in [-0.15, -0.1) is 0 Å². The molecule has 4 rings (SSSR count). The van der Waals surface area contributed by atoms with Crippen molar-refractivity contribution in [3.63, 3.8) is 0 Å². The number of hydrogen-bond donors (Lipinski definition) is 0. The number of benzene rings is 3. The third kappa shape index (κ3) is 3.92. The van der Waals surface area contributed by atoms with Crippen LogP contribution in [0.5, 0.6) is 5.75 Å². The third-order valence-electron chi connectivity index (χ3n) is 4.58. The predicted octanol–water partition coefficient (Wildman–Crippen LogP) is 4.19. The van der Waals surface area contributed by atoms with Gasteiger partial charge in [-0.2, -0.15) is 5.10 Å². The Morgan fingerprint density at radius 3 is 2.50 bits per heavy atom. The molecule has 0 N–H and O–H groups in total. The molecule has 0 atom stereocenters. The number of hydrogen-bond acceptors (Lipinski definition) is 4. The first kappa shape index (κ1) is 18.3. The lowest BCUT2D eigenvalue weighted by molar-refractivity contribution is 0.292. The Hall–Kier alpha value is -3.12. The monoisotopic (exact) mass is 392 g/mol. The SMILES string of the molecule is CS(=O)(=O)c1ccc(-c2cc(OCCn3cccn3)cc3ccccc23)cc1. The molecule has 1 aromatic heterocycles. The first-order valence-corrected chi connectivity index (χ1v) is 10.8. The van der Waals surface area contributed by atoms with Gasteiger partial charge in [-0.1, -0.05) is 36.4 Å². The van der Waals surface area contributed by atoms with Crippen LogP contribution in [0.25, 0.3) is 21.9 Å². The quantitative estimate of drug-likeness (QED) is 0.494. The fourth-order valence-electron chi connectivity index (χ4n) is 3.18. The minimum atomic E-state index is -3.22. The van der Waals surface area contributed by atoms with Crippen molar-refractivity contribution in [2.24, 2.45) is 0 Å². The Balaban J connectivity index is 1.68. The summed E-state index contributed by atoms with van der Waals surface area (Å²) in [5.74, 6) is 0.771. The Morgan fingerprint density at radius 1 is 1.00 bits per heavy atom. The lowest BCUT2D eigenvalue weighted by atomic mass is 9.98. The molecular weight excluding hydrogens is 372 g/mol. The molecular formula is C22H20N2O3S. The molecule has 0 aliphatic carbocycles. The van der Waals surface area contributed by atoms with Crippen molar-refractivity contribution in [3.8, 4) is 16.9 Å². The maximum atomic E-state index is 11.7. The second-order valence-electron chi connectivity index (χ2n) is 6.61. The summed E-state index contributed by atoms with van der Waals surface area (Å²) in [4.78, 5) is 0.312. The number of nitrogens with zero attached hydrogens (tertiary/aromatic N) is 2. The highest BCUT2D eigenvalue weighted by Crippen LogP contribution is 2.33. The van der Waals surface area contributed by atoms with Gasteiger partial charge in [0.15, 0.2) is 9.84 Å². The van der Waals surface area contributed by atoms with E-state index in [4.69, 9.17) is 4.74 Å². The smallest absolute Gasteiger partial charge is 0.175 e. The molecule has 1 heterocycles. The summed E-state index contributed by atoms with van der Waals surface area (Å²) in [7, 11) is -3.22. The fraction of sp³-hybridized carbons (Fsp3) is 0.136. The molecule has 28 heavy (non-hydrogen) atoms. The molecule has 0 radical (unpaired) electrons. The van der Waals surface area contributed by atoms with E-state index in [1.54, 1.807) is 18.3 Å². The van der Waals surface area contributed by atoms with Gasteiger partial charge in [0.2, 0.25) is 0 Å². The van der Waals surface area contributed by atoms with Crippen LogP contribution in [0, 0.1) is 0 Å². The van der Waals surface area contributed by atoms with E-state index in [0.717, 1.165) is 27.6 Å². The maximum Gasteiger partial charge on any atom is 0.175 e. The second kappa shape index (κ2) is 7.48. The van der Waals surface area contributed by atoms with Crippen molar-refractivity contribution < 1.29 is 13.2 Å². The standard InChI is InChI=1S/C22H20N2O3S/c1-28(25,26)20-9-7-17(8-10-20)22-16-19(15-18-5-2-3-6-21(18)22)27-14-13-24-12-4-11-23-24/h2-12,15-16H,13-14H2,1H3. The highest BCUT2D eigenvalue weighted by atomic mass is 32.2. The number of ether oxygens (including phenoxy) is 1. The van der Waals surface area contributed by atoms with Gasteiger partial charge in [-0.3, -0.25) is 4.68 Å². The summed E-state index contributed by atoms with van der Waals surface area (Å²) in [6, 6.07) is 21.0. The minimum Gasteiger partial charge on any atom is -0.492 e. The van der Waals surface area contributed by atoms with Crippen LogP contribution in [0.1, 0.15) is 0 Å². The topological polar surface area (TPSA) is 61.2 Å². The molecule has 0 saturated heterocycles. The average Bonchev–Trinajstić information content (AvgIpc) is 3.20. The van der Waals surface area contributed by atoms with Crippen molar-refractivity contribution in [1.29, 1.82) is 0 Å². The first-order valence-electron chi connectivity index (χ1n) is 8.94. The highest BCUT2D eigenvalue weighted by molar-refractivity contribution is 7.90. The van der Waals surface area contributed by atoms with Gasteiger partial charge in [0.1, 0.15) is 12.4 Å². The molecule has 0 fully saturated rings. The average molecular weight is 392 g/mol. The van der Waals surface area contributed by atoms with E-state index >= 15 is 0 Å². The molecule has 3 aromatic carbocycles. The molecule has 0 unspecified atom stereocenters. The predicted molar refractivity (Wildman–Crippen MR) is 110 cm³/mol. The molecule has 0 aliphatic heterocycles. The van der Waals surface area contributed by atoms with Crippen LogP contribution < -0.4 is 4.74 Å². The van der Waals surface area contributed by atoms with Crippen LogP contribution in [0.15, 0.2) is 84.0 Å². The van der Waals surface area contributed by atoms with E-state index in [1.807, 2.05) is 59.4 Å². The Labute approximate surface area is 164 Å². The van der Waals surface area contributed by atoms with E-state index < -0.39 is 9.84 Å². The molecule has 4 aromatic rings. The maximum absolute atomic E-state index is 11.7. The van der Waals surface area contributed by atoms with Crippen molar-refractivity contribution >= 4 is 20.6 Å². The Bertz CT molecular complexity index is 1200. The van der Waals surface area contributed by atoms with Crippen LogP contribution in [-0.2, 0) is 16.4 Å². The highest BCUT2D eigenvalue weighted by Gasteiger charge is 2.10. The van der Waals surface area contributed by atoms with Gasteiger partial charge < -0.3 is 4.74 Å². The summed E-state index contributed by atoms with van der Waals surface area (Å²) in [5.41, 5.74) is 1.95. The molecule has 0 spiro atoms. The van der Waals surface area contributed by atoms with Crippen LogP contribution in [-0.4, -0.2) is 31.1 Å². The second-order valence-corrected chi connectivity index (χ2v) is 8.62. The number of aromatic nitrogens is 2. The summed E-state index contributed by atoms with van der Waals surface area (Å²) in [6.07, 6.45) is 4.86. The molecule has 142 valence electrons. The zero-order chi connectivity index (χ0) is 19.6. The van der Waals surface area contributed by atoms with Crippen LogP contribution in [0.2, 0.25) is 0 Å². The van der Waals surface area contributed by atoms with E-state index in [1.165, 1.54) is 6.26 Å². The Kier molecular flexibility index (Phi) is 4.88.